The molecule has 0 unspecified atom stereocenters. The van der Waals surface area contributed by atoms with Crippen molar-refractivity contribution < 1.29 is 14.7 Å². The monoisotopic (exact) mass is 297 g/mol. The zero-order chi connectivity index (χ0) is 15.6. The van der Waals surface area contributed by atoms with Crippen molar-refractivity contribution in [2.75, 3.05) is 0 Å². The lowest BCUT2D eigenvalue weighted by atomic mass is 9.74. The molecule has 0 radical (unpaired) electrons. The summed E-state index contributed by atoms with van der Waals surface area (Å²) in [6.07, 6.45) is 0.124. The maximum absolute atomic E-state index is 12.1. The van der Waals surface area contributed by atoms with E-state index in [1.54, 1.807) is 52.0 Å². The SMILES string of the molecule is CC(C)(NC(=O)Cc1ccccc1Cl)C(C)(C)C(=O)O. The third kappa shape index (κ3) is 3.51. The average molecular weight is 298 g/mol. The highest BCUT2D eigenvalue weighted by molar-refractivity contribution is 6.31. The molecule has 0 atom stereocenters. The summed E-state index contributed by atoms with van der Waals surface area (Å²) in [6.45, 7) is 6.58. The smallest absolute Gasteiger partial charge is 0.311 e. The molecule has 0 spiro atoms. The average Bonchev–Trinajstić information content (AvgIpc) is 2.31. The number of carbonyl (C=O) groups is 2. The third-order valence-corrected chi connectivity index (χ3v) is 4.23. The Bertz CT molecular complexity index is 524. The summed E-state index contributed by atoms with van der Waals surface area (Å²) in [7, 11) is 0. The number of hydrogen-bond acceptors (Lipinski definition) is 2. The van der Waals surface area contributed by atoms with Crippen molar-refractivity contribution >= 4 is 23.5 Å². The van der Waals surface area contributed by atoms with Crippen LogP contribution in [0.4, 0.5) is 0 Å². The summed E-state index contributed by atoms with van der Waals surface area (Å²) >= 11 is 6.01. The normalized spacial score (nSPS) is 12.1. The maximum Gasteiger partial charge on any atom is 0.311 e. The fourth-order valence-electron chi connectivity index (χ4n) is 1.63. The second kappa shape index (κ2) is 5.83. The zero-order valence-corrected chi connectivity index (χ0v) is 12.9. The molecule has 0 fully saturated rings. The molecule has 0 saturated heterocycles. The fraction of sp³-hybridized carbons (Fsp3) is 0.467. The molecule has 0 aromatic heterocycles. The van der Waals surface area contributed by atoms with Crippen LogP contribution in [0.3, 0.4) is 0 Å². The molecule has 20 heavy (non-hydrogen) atoms. The van der Waals surface area contributed by atoms with Gasteiger partial charge in [-0.05, 0) is 39.3 Å². The van der Waals surface area contributed by atoms with Crippen molar-refractivity contribution in [2.24, 2.45) is 5.41 Å². The minimum atomic E-state index is -1.08. The minimum Gasteiger partial charge on any atom is -0.481 e. The third-order valence-electron chi connectivity index (χ3n) is 3.86. The summed E-state index contributed by atoms with van der Waals surface area (Å²) in [6, 6.07) is 7.09. The molecule has 1 aromatic rings. The van der Waals surface area contributed by atoms with E-state index in [0.717, 1.165) is 5.56 Å². The van der Waals surface area contributed by atoms with Gasteiger partial charge in [-0.25, -0.2) is 0 Å². The van der Waals surface area contributed by atoms with Crippen LogP contribution in [-0.2, 0) is 16.0 Å². The molecular weight excluding hydrogens is 278 g/mol. The van der Waals surface area contributed by atoms with Crippen molar-refractivity contribution in [3.63, 3.8) is 0 Å². The van der Waals surface area contributed by atoms with Crippen LogP contribution >= 0.6 is 11.6 Å². The van der Waals surface area contributed by atoms with Crippen molar-refractivity contribution in [3.05, 3.63) is 34.9 Å². The molecule has 0 bridgehead atoms. The van der Waals surface area contributed by atoms with Crippen LogP contribution in [0.15, 0.2) is 24.3 Å². The number of halogens is 1. The molecule has 0 heterocycles. The first kappa shape index (κ1) is 16.5. The van der Waals surface area contributed by atoms with Crippen LogP contribution in [0.2, 0.25) is 5.02 Å². The first-order valence-electron chi connectivity index (χ1n) is 6.36. The fourth-order valence-corrected chi connectivity index (χ4v) is 1.83. The highest BCUT2D eigenvalue weighted by Gasteiger charge is 2.44. The predicted molar refractivity (Wildman–Crippen MR) is 78.8 cm³/mol. The van der Waals surface area contributed by atoms with E-state index < -0.39 is 16.9 Å². The van der Waals surface area contributed by atoms with E-state index >= 15 is 0 Å². The Kier molecular flexibility index (Phi) is 4.81. The molecule has 0 aliphatic carbocycles. The van der Waals surface area contributed by atoms with E-state index in [1.807, 2.05) is 0 Å². The highest BCUT2D eigenvalue weighted by atomic mass is 35.5. The lowest BCUT2D eigenvalue weighted by Crippen LogP contribution is -2.57. The summed E-state index contributed by atoms with van der Waals surface area (Å²) in [5.74, 6) is -1.21. The van der Waals surface area contributed by atoms with Crippen LogP contribution in [0, 0.1) is 5.41 Å². The summed E-state index contributed by atoms with van der Waals surface area (Å²) in [4.78, 5) is 23.4. The molecule has 110 valence electrons. The van der Waals surface area contributed by atoms with Gasteiger partial charge in [0.15, 0.2) is 0 Å². The van der Waals surface area contributed by atoms with E-state index in [-0.39, 0.29) is 12.3 Å². The summed E-state index contributed by atoms with van der Waals surface area (Å²) in [5.41, 5.74) is -1.24. The number of carboxylic acid groups (broad SMARTS) is 1. The highest BCUT2D eigenvalue weighted by Crippen LogP contribution is 2.30. The molecule has 5 heteroatoms. The number of rotatable bonds is 5. The summed E-state index contributed by atoms with van der Waals surface area (Å²) < 4.78 is 0. The number of hydrogen-bond donors (Lipinski definition) is 2. The van der Waals surface area contributed by atoms with E-state index in [9.17, 15) is 14.7 Å². The number of nitrogens with one attached hydrogen (secondary N) is 1. The van der Waals surface area contributed by atoms with Gasteiger partial charge in [0.25, 0.3) is 0 Å². The van der Waals surface area contributed by atoms with Gasteiger partial charge < -0.3 is 10.4 Å². The van der Waals surface area contributed by atoms with Crippen molar-refractivity contribution in [2.45, 2.75) is 39.7 Å². The van der Waals surface area contributed by atoms with Crippen LogP contribution < -0.4 is 5.32 Å². The first-order valence-corrected chi connectivity index (χ1v) is 6.73. The van der Waals surface area contributed by atoms with E-state index in [1.165, 1.54) is 0 Å². The lowest BCUT2D eigenvalue weighted by molar-refractivity contribution is -0.151. The van der Waals surface area contributed by atoms with Gasteiger partial charge in [0.05, 0.1) is 11.8 Å². The van der Waals surface area contributed by atoms with Crippen LogP contribution in [0.1, 0.15) is 33.3 Å². The second-order valence-electron chi connectivity index (χ2n) is 5.87. The number of carboxylic acids is 1. The largest absolute Gasteiger partial charge is 0.481 e. The molecule has 1 rings (SSSR count). The van der Waals surface area contributed by atoms with Gasteiger partial charge in [0.1, 0.15) is 0 Å². The molecule has 0 aliphatic heterocycles. The van der Waals surface area contributed by atoms with Crippen LogP contribution in [0.5, 0.6) is 0 Å². The van der Waals surface area contributed by atoms with Crippen molar-refractivity contribution in [1.82, 2.24) is 5.32 Å². The van der Waals surface area contributed by atoms with Gasteiger partial charge in [-0.2, -0.15) is 0 Å². The molecule has 0 aliphatic rings. The van der Waals surface area contributed by atoms with E-state index in [2.05, 4.69) is 5.32 Å². The van der Waals surface area contributed by atoms with Crippen LogP contribution in [0.25, 0.3) is 0 Å². The number of amides is 1. The standard InChI is InChI=1S/C15H20ClNO3/c1-14(2,13(19)20)15(3,4)17-12(18)9-10-7-5-6-8-11(10)16/h5-8H,9H2,1-4H3,(H,17,18)(H,19,20). The Morgan fingerprint density at radius 3 is 2.25 bits per heavy atom. The predicted octanol–water partition coefficient (Wildman–Crippen LogP) is 2.89. The zero-order valence-electron chi connectivity index (χ0n) is 12.2. The maximum atomic E-state index is 12.1. The molecule has 0 saturated carbocycles. The minimum absolute atomic E-state index is 0.124. The Balaban J connectivity index is 2.81. The molecule has 4 nitrogen and oxygen atoms in total. The number of carbonyl (C=O) groups excluding carboxylic acids is 1. The second-order valence-corrected chi connectivity index (χ2v) is 6.28. The van der Waals surface area contributed by atoms with Gasteiger partial charge >= 0.3 is 5.97 Å². The van der Waals surface area contributed by atoms with Gasteiger partial charge in [-0.1, -0.05) is 29.8 Å². The topological polar surface area (TPSA) is 66.4 Å². The van der Waals surface area contributed by atoms with Gasteiger partial charge in [-0.3, -0.25) is 9.59 Å². The van der Waals surface area contributed by atoms with E-state index in [4.69, 9.17) is 11.6 Å². The van der Waals surface area contributed by atoms with E-state index in [0.29, 0.717) is 5.02 Å². The lowest BCUT2D eigenvalue weighted by Gasteiger charge is -2.38. The molecule has 2 N–H and O–H groups in total. The Morgan fingerprint density at radius 2 is 1.75 bits per heavy atom. The summed E-state index contributed by atoms with van der Waals surface area (Å²) in [5, 5.41) is 12.6. The molecule has 1 amide bonds. The van der Waals surface area contributed by atoms with Crippen molar-refractivity contribution in [3.8, 4) is 0 Å². The Morgan fingerprint density at radius 1 is 1.20 bits per heavy atom. The molecule has 1 aromatic carbocycles. The van der Waals surface area contributed by atoms with Gasteiger partial charge in [-0.15, -0.1) is 0 Å². The Labute approximate surface area is 124 Å². The van der Waals surface area contributed by atoms with Gasteiger partial charge in [0, 0.05) is 10.6 Å². The van der Waals surface area contributed by atoms with Gasteiger partial charge in [0.2, 0.25) is 5.91 Å². The van der Waals surface area contributed by atoms with Crippen molar-refractivity contribution in [1.29, 1.82) is 0 Å². The molecular formula is C15H20ClNO3. The first-order chi connectivity index (χ1) is 9.08. The number of aliphatic carboxylic acids is 1. The number of benzene rings is 1. The van der Waals surface area contributed by atoms with Crippen LogP contribution in [-0.4, -0.2) is 22.5 Å². The quantitative estimate of drug-likeness (QED) is 0.878. The Hall–Kier alpha value is -1.55.